The van der Waals surface area contributed by atoms with Crippen LogP contribution in [0.1, 0.15) is 110 Å². The number of nitrogens with zero attached hydrogens (tertiary/aromatic N) is 1. The Morgan fingerprint density at radius 2 is 1.72 bits per heavy atom. The minimum atomic E-state index is -0.486. The van der Waals surface area contributed by atoms with Crippen LogP contribution in [0.3, 0.4) is 0 Å². The minimum Gasteiger partial charge on any atom is -0.488 e. The molecule has 6 nitrogen and oxygen atoms in total. The van der Waals surface area contributed by atoms with Crippen LogP contribution in [0.25, 0.3) is 11.1 Å². The number of anilines is 1. The lowest BCUT2D eigenvalue weighted by Gasteiger charge is -2.33. The molecule has 3 rings (SSSR count). The van der Waals surface area contributed by atoms with E-state index in [0.29, 0.717) is 35.0 Å². The van der Waals surface area contributed by atoms with E-state index >= 15 is 0 Å². The number of hydrogen-bond acceptors (Lipinski definition) is 6. The van der Waals surface area contributed by atoms with Gasteiger partial charge in [0.05, 0.1) is 11.6 Å². The number of furan rings is 1. The highest BCUT2D eigenvalue weighted by Gasteiger charge is 2.30. The fourth-order valence-corrected chi connectivity index (χ4v) is 4.96. The summed E-state index contributed by atoms with van der Waals surface area (Å²) in [7, 11) is 0. The molecule has 0 atom stereocenters. The van der Waals surface area contributed by atoms with Crippen LogP contribution in [0.5, 0.6) is 5.75 Å². The predicted octanol–water partition coefficient (Wildman–Crippen LogP) is 9.70. The first-order valence-electron chi connectivity index (χ1n) is 16.0. The average molecular weight is 656 g/mol. The van der Waals surface area contributed by atoms with Gasteiger partial charge < -0.3 is 14.1 Å². The molecule has 0 bridgehead atoms. The van der Waals surface area contributed by atoms with Gasteiger partial charge in [0.25, 0.3) is 10.9 Å². The van der Waals surface area contributed by atoms with Gasteiger partial charge in [0.1, 0.15) is 17.3 Å². The van der Waals surface area contributed by atoms with E-state index in [-0.39, 0.29) is 33.3 Å². The van der Waals surface area contributed by atoms with Crippen LogP contribution in [0.15, 0.2) is 50.9 Å². The van der Waals surface area contributed by atoms with Crippen LogP contribution in [0.2, 0.25) is 5.02 Å². The highest BCUT2D eigenvalue weighted by atomic mass is 35.5. The summed E-state index contributed by atoms with van der Waals surface area (Å²) in [4.78, 5) is 37.7. The summed E-state index contributed by atoms with van der Waals surface area (Å²) in [6, 6.07) is 6.39. The number of hydrogen-bond donors (Lipinski definition) is 0. The first-order valence-corrected chi connectivity index (χ1v) is 16.3. The molecule has 0 spiro atoms. The maximum absolute atomic E-state index is 13.8. The van der Waals surface area contributed by atoms with Crippen LogP contribution in [-0.4, -0.2) is 25.5 Å². The molecule has 0 saturated carbocycles. The lowest BCUT2D eigenvalue weighted by Crippen LogP contribution is -2.44. The number of carbonyl (C=O) groups excluding carboxylic acids is 1. The fraction of sp³-hybridized carbons (Fsp3) is 0.500. The molecular formula is C38H51ClFNO5. The smallest absolute Gasteiger partial charge is 0.272 e. The molecule has 2 aromatic carbocycles. The maximum atomic E-state index is 13.8. The molecule has 252 valence electrons. The topological polar surface area (TPSA) is 76.8 Å². The Bertz CT molecular complexity index is 1620. The summed E-state index contributed by atoms with van der Waals surface area (Å²) < 4.78 is 25.1. The van der Waals surface area contributed by atoms with E-state index in [4.69, 9.17) is 20.8 Å². The molecule has 0 aliphatic carbocycles. The van der Waals surface area contributed by atoms with Crippen molar-refractivity contribution in [2.75, 3.05) is 24.6 Å². The van der Waals surface area contributed by atoms with Crippen molar-refractivity contribution < 1.29 is 18.3 Å². The Labute approximate surface area is 279 Å². The number of aryl methyl sites for hydroxylation is 1. The third kappa shape index (κ3) is 10.0. The molecule has 0 aliphatic rings. The average Bonchev–Trinajstić information content (AvgIpc) is 3.34. The highest BCUT2D eigenvalue weighted by molar-refractivity contribution is 6.30. The van der Waals surface area contributed by atoms with Crippen molar-refractivity contribution >= 4 is 34.2 Å². The van der Waals surface area contributed by atoms with Gasteiger partial charge in [-0.3, -0.25) is 14.4 Å². The highest BCUT2D eigenvalue weighted by Crippen LogP contribution is 2.39. The van der Waals surface area contributed by atoms with Crippen molar-refractivity contribution in [3.05, 3.63) is 90.9 Å². The molecule has 0 saturated heterocycles. The van der Waals surface area contributed by atoms with Crippen LogP contribution in [0.4, 0.5) is 10.1 Å². The SMILES string of the molecule is C=C(/C=C(\c1oc(C(=O)C(C)C)cc1C)C(C)(C)C)c1ccc(Cl)c(F)c1.CCCCN(CC(C)(C)C)c1c(OCC)c(=O)c1=O. The van der Waals surface area contributed by atoms with E-state index in [0.717, 1.165) is 37.1 Å². The fourth-order valence-electron chi connectivity index (χ4n) is 4.85. The number of halogens is 2. The predicted molar refractivity (Wildman–Crippen MR) is 190 cm³/mol. The molecule has 0 unspecified atom stereocenters. The van der Waals surface area contributed by atoms with Crippen LogP contribution < -0.4 is 20.5 Å². The zero-order valence-corrected chi connectivity index (χ0v) is 30.2. The molecule has 0 amide bonds. The Kier molecular flexibility index (Phi) is 13.4. The molecule has 1 aromatic heterocycles. The number of carbonyl (C=O) groups is 1. The van der Waals surface area contributed by atoms with Crippen molar-refractivity contribution in [2.45, 2.75) is 89.0 Å². The second-order valence-corrected chi connectivity index (χ2v) is 14.6. The lowest BCUT2D eigenvalue weighted by atomic mass is 9.82. The summed E-state index contributed by atoms with van der Waals surface area (Å²) in [5.41, 5.74) is 2.46. The second kappa shape index (κ2) is 15.9. The Balaban J connectivity index is 0.000000341. The zero-order chi connectivity index (χ0) is 35.1. The van der Waals surface area contributed by atoms with Crippen molar-refractivity contribution in [3.63, 3.8) is 0 Å². The number of Topliss-reactive ketones (excluding diaryl/α,β-unsaturated/α-hetero) is 1. The van der Waals surface area contributed by atoms with Gasteiger partial charge in [-0.05, 0) is 72.1 Å². The number of allylic oxidation sites excluding steroid dienone is 3. The van der Waals surface area contributed by atoms with E-state index in [1.165, 1.54) is 12.1 Å². The third-order valence-corrected chi connectivity index (χ3v) is 7.55. The van der Waals surface area contributed by atoms with Crippen molar-refractivity contribution in [2.24, 2.45) is 16.7 Å². The van der Waals surface area contributed by atoms with E-state index in [2.05, 4.69) is 55.0 Å². The minimum absolute atomic E-state index is 0.0313. The molecule has 3 aromatic rings. The quantitative estimate of drug-likeness (QED) is 0.110. The molecule has 8 heteroatoms. The summed E-state index contributed by atoms with van der Waals surface area (Å²) >= 11 is 5.77. The summed E-state index contributed by atoms with van der Waals surface area (Å²) in [6.45, 7) is 28.1. The first-order chi connectivity index (χ1) is 21.2. The molecule has 46 heavy (non-hydrogen) atoms. The van der Waals surface area contributed by atoms with E-state index in [1.807, 2.05) is 38.7 Å². The van der Waals surface area contributed by atoms with Gasteiger partial charge in [0, 0.05) is 24.6 Å². The molecule has 0 aliphatic heterocycles. The van der Waals surface area contributed by atoms with Crippen LogP contribution >= 0.6 is 11.6 Å². The van der Waals surface area contributed by atoms with Crippen LogP contribution in [-0.2, 0) is 0 Å². The van der Waals surface area contributed by atoms with Crippen molar-refractivity contribution in [1.82, 2.24) is 0 Å². The molecular weight excluding hydrogens is 605 g/mol. The standard InChI is InChI=1S/C23H26ClFO2.C15H25NO3/c1-13(2)21(26)20-11-15(4)22(27-20)17(23(5,6)7)10-14(3)16-8-9-18(24)19(25)12-16;1-6-8-9-16(10-15(3,4)5)11-12(17)13(18)14(11)19-7-2/h8-13H,3H2,1-2,4-7H3;6-10H2,1-5H3/b17-10+;. The molecule has 1 heterocycles. The Morgan fingerprint density at radius 1 is 1.09 bits per heavy atom. The van der Waals surface area contributed by atoms with Gasteiger partial charge in [-0.15, -0.1) is 0 Å². The molecule has 0 fully saturated rings. The Morgan fingerprint density at radius 3 is 2.22 bits per heavy atom. The first kappa shape index (κ1) is 38.7. The Hall–Kier alpha value is -3.45. The molecule has 0 N–H and O–H groups in total. The number of ether oxygens (including phenoxy) is 1. The van der Waals surface area contributed by atoms with Crippen molar-refractivity contribution in [3.8, 4) is 5.75 Å². The molecule has 0 radical (unpaired) electrons. The van der Waals surface area contributed by atoms with Gasteiger partial charge in [-0.25, -0.2) is 4.39 Å². The van der Waals surface area contributed by atoms with Gasteiger partial charge >= 0.3 is 0 Å². The van der Waals surface area contributed by atoms with E-state index < -0.39 is 16.7 Å². The summed E-state index contributed by atoms with van der Waals surface area (Å²) in [5.74, 6) is 0.611. The van der Waals surface area contributed by atoms with Crippen LogP contribution in [0, 0.1) is 29.5 Å². The monoisotopic (exact) mass is 655 g/mol. The summed E-state index contributed by atoms with van der Waals surface area (Å²) in [5, 5.41) is 0.0743. The second-order valence-electron chi connectivity index (χ2n) is 14.2. The zero-order valence-electron chi connectivity index (χ0n) is 29.5. The lowest BCUT2D eigenvalue weighted by molar-refractivity contribution is 0.0910. The van der Waals surface area contributed by atoms with E-state index in [1.54, 1.807) is 12.1 Å². The van der Waals surface area contributed by atoms with E-state index in [9.17, 15) is 18.8 Å². The normalized spacial score (nSPS) is 12.3. The number of rotatable bonds is 12. The number of benzene rings is 1. The van der Waals surface area contributed by atoms with Gasteiger partial charge in [0.15, 0.2) is 11.5 Å². The maximum Gasteiger partial charge on any atom is 0.272 e. The van der Waals surface area contributed by atoms with Gasteiger partial charge in [-0.1, -0.05) is 93.0 Å². The third-order valence-electron chi connectivity index (χ3n) is 7.24. The van der Waals surface area contributed by atoms with Crippen molar-refractivity contribution in [1.29, 1.82) is 0 Å². The van der Waals surface area contributed by atoms with Gasteiger partial charge in [0.2, 0.25) is 5.78 Å². The summed E-state index contributed by atoms with van der Waals surface area (Å²) in [6.07, 6.45) is 3.94. The number of ketones is 1. The number of unbranched alkanes of at least 4 members (excludes halogenated alkanes) is 1. The van der Waals surface area contributed by atoms with Gasteiger partial charge in [-0.2, -0.15) is 0 Å². The largest absolute Gasteiger partial charge is 0.488 e.